The van der Waals surface area contributed by atoms with Crippen LogP contribution in [0.15, 0.2) is 18.2 Å². The predicted molar refractivity (Wildman–Crippen MR) is 88.0 cm³/mol. The van der Waals surface area contributed by atoms with Gasteiger partial charge in [-0.15, -0.1) is 0 Å². The summed E-state index contributed by atoms with van der Waals surface area (Å²) in [5.74, 6) is -0.821. The summed E-state index contributed by atoms with van der Waals surface area (Å²) in [6.45, 7) is 8.90. The molecule has 0 aromatic heterocycles. The van der Waals surface area contributed by atoms with Crippen LogP contribution in [0.1, 0.15) is 31.9 Å². The van der Waals surface area contributed by atoms with Crippen molar-refractivity contribution in [3.63, 3.8) is 0 Å². The largest absolute Gasteiger partial charge is 0.325 e. The second-order valence-electron chi connectivity index (χ2n) is 6.49. The van der Waals surface area contributed by atoms with E-state index >= 15 is 0 Å². The topological polar surface area (TPSA) is 78.5 Å². The molecule has 1 unspecified atom stereocenters. The molecule has 1 saturated heterocycles. The van der Waals surface area contributed by atoms with Gasteiger partial charge in [0.05, 0.1) is 0 Å². The Kier molecular flexibility index (Phi) is 4.45. The third kappa shape index (κ3) is 3.06. The van der Waals surface area contributed by atoms with Gasteiger partial charge < -0.3 is 10.6 Å². The molecular weight excluding hydrogens is 294 g/mol. The molecule has 1 fully saturated rings. The van der Waals surface area contributed by atoms with E-state index in [4.69, 9.17) is 0 Å². The highest BCUT2D eigenvalue weighted by Gasteiger charge is 2.50. The van der Waals surface area contributed by atoms with Gasteiger partial charge in [0, 0.05) is 5.69 Å². The number of imide groups is 1. The number of rotatable bonds is 4. The second kappa shape index (κ2) is 6.02. The van der Waals surface area contributed by atoms with Crippen molar-refractivity contribution in [2.24, 2.45) is 5.92 Å². The van der Waals surface area contributed by atoms with E-state index in [1.165, 1.54) is 0 Å². The molecule has 1 aromatic carbocycles. The maximum absolute atomic E-state index is 12.5. The van der Waals surface area contributed by atoms with E-state index in [2.05, 4.69) is 10.6 Å². The van der Waals surface area contributed by atoms with Gasteiger partial charge in [-0.2, -0.15) is 0 Å². The molecule has 0 saturated carbocycles. The molecular formula is C17H23N3O3. The maximum Gasteiger partial charge on any atom is 0.325 e. The van der Waals surface area contributed by atoms with Crippen LogP contribution in [0.5, 0.6) is 0 Å². The summed E-state index contributed by atoms with van der Waals surface area (Å²) in [5.41, 5.74) is 1.62. The first-order valence-corrected chi connectivity index (χ1v) is 7.67. The van der Waals surface area contributed by atoms with E-state index in [0.717, 1.165) is 21.7 Å². The SMILES string of the molecule is Cc1cccc(C)c1NC(=O)CN1C(=O)NC(C)(C(C)C)C1=O. The minimum Gasteiger partial charge on any atom is -0.324 e. The van der Waals surface area contributed by atoms with E-state index in [9.17, 15) is 14.4 Å². The van der Waals surface area contributed by atoms with Gasteiger partial charge in [0.1, 0.15) is 12.1 Å². The molecule has 1 aromatic rings. The van der Waals surface area contributed by atoms with Gasteiger partial charge in [0.25, 0.3) is 5.91 Å². The average molecular weight is 317 g/mol. The Balaban J connectivity index is 2.12. The number of para-hydroxylation sites is 1. The van der Waals surface area contributed by atoms with E-state index in [1.807, 2.05) is 45.9 Å². The fourth-order valence-corrected chi connectivity index (χ4v) is 2.58. The van der Waals surface area contributed by atoms with Crippen LogP contribution in [0.4, 0.5) is 10.5 Å². The van der Waals surface area contributed by atoms with Crippen LogP contribution in [0, 0.1) is 19.8 Å². The Morgan fingerprint density at radius 1 is 1.26 bits per heavy atom. The first-order valence-electron chi connectivity index (χ1n) is 7.67. The van der Waals surface area contributed by atoms with Crippen LogP contribution in [0.2, 0.25) is 0 Å². The number of hydrogen-bond donors (Lipinski definition) is 2. The summed E-state index contributed by atoms with van der Waals surface area (Å²) in [5, 5.41) is 5.47. The van der Waals surface area contributed by atoms with E-state index < -0.39 is 11.6 Å². The summed E-state index contributed by atoms with van der Waals surface area (Å²) < 4.78 is 0. The Morgan fingerprint density at radius 2 is 1.83 bits per heavy atom. The molecule has 1 heterocycles. The Hall–Kier alpha value is -2.37. The first-order chi connectivity index (χ1) is 10.7. The molecule has 0 spiro atoms. The van der Waals surface area contributed by atoms with Crippen molar-refractivity contribution in [2.75, 3.05) is 11.9 Å². The van der Waals surface area contributed by atoms with E-state index in [0.29, 0.717) is 0 Å². The highest BCUT2D eigenvalue weighted by atomic mass is 16.2. The molecule has 1 aliphatic heterocycles. The third-order valence-corrected chi connectivity index (χ3v) is 4.50. The molecule has 23 heavy (non-hydrogen) atoms. The molecule has 2 rings (SSSR count). The minimum absolute atomic E-state index is 0.0642. The number of carbonyl (C=O) groups is 3. The molecule has 4 amide bonds. The summed E-state index contributed by atoms with van der Waals surface area (Å²) >= 11 is 0. The highest BCUT2D eigenvalue weighted by Crippen LogP contribution is 2.25. The molecule has 0 bridgehead atoms. The fraction of sp³-hybridized carbons (Fsp3) is 0.471. The number of amides is 4. The molecule has 0 aliphatic carbocycles. The predicted octanol–water partition coefficient (Wildman–Crippen LogP) is 2.21. The lowest BCUT2D eigenvalue weighted by molar-refractivity contribution is -0.134. The fourth-order valence-electron chi connectivity index (χ4n) is 2.58. The number of carbonyl (C=O) groups excluding carboxylic acids is 3. The van der Waals surface area contributed by atoms with Gasteiger partial charge in [-0.05, 0) is 37.8 Å². The lowest BCUT2D eigenvalue weighted by atomic mass is 9.88. The quantitative estimate of drug-likeness (QED) is 0.836. The van der Waals surface area contributed by atoms with Crippen LogP contribution >= 0.6 is 0 Å². The van der Waals surface area contributed by atoms with Gasteiger partial charge in [0.2, 0.25) is 5.91 Å². The van der Waals surface area contributed by atoms with Crippen molar-refractivity contribution >= 4 is 23.5 Å². The lowest BCUT2D eigenvalue weighted by Gasteiger charge is -2.25. The monoisotopic (exact) mass is 317 g/mol. The van der Waals surface area contributed by atoms with E-state index in [-0.39, 0.29) is 24.3 Å². The molecule has 1 aliphatic rings. The summed E-state index contributed by atoms with van der Waals surface area (Å²) in [7, 11) is 0. The van der Waals surface area contributed by atoms with Crippen molar-refractivity contribution in [3.8, 4) is 0 Å². The number of nitrogens with one attached hydrogen (secondary N) is 2. The maximum atomic E-state index is 12.5. The van der Waals surface area contributed by atoms with Crippen LogP contribution in [0.3, 0.4) is 0 Å². The Bertz CT molecular complexity index is 649. The normalized spacial score (nSPS) is 20.9. The highest BCUT2D eigenvalue weighted by molar-refractivity contribution is 6.10. The Labute approximate surface area is 136 Å². The van der Waals surface area contributed by atoms with Crippen LogP contribution < -0.4 is 10.6 Å². The van der Waals surface area contributed by atoms with Gasteiger partial charge in [0.15, 0.2) is 0 Å². The zero-order chi connectivity index (χ0) is 17.4. The van der Waals surface area contributed by atoms with Gasteiger partial charge in [-0.25, -0.2) is 4.79 Å². The standard InChI is InChI=1S/C17H23N3O3/c1-10(2)17(5)15(22)20(16(23)19-17)9-13(21)18-14-11(3)7-6-8-12(14)4/h6-8,10H,9H2,1-5H3,(H,18,21)(H,19,23). The molecule has 1 atom stereocenters. The number of hydrogen-bond acceptors (Lipinski definition) is 3. The average Bonchev–Trinajstić information content (AvgIpc) is 2.68. The van der Waals surface area contributed by atoms with Crippen molar-refractivity contribution < 1.29 is 14.4 Å². The number of benzene rings is 1. The van der Waals surface area contributed by atoms with Crippen LogP contribution in [0.25, 0.3) is 0 Å². The zero-order valence-electron chi connectivity index (χ0n) is 14.2. The minimum atomic E-state index is -0.962. The summed E-state index contributed by atoms with van der Waals surface area (Å²) in [6, 6.07) is 5.17. The van der Waals surface area contributed by atoms with Crippen LogP contribution in [-0.4, -0.2) is 34.8 Å². The zero-order valence-corrected chi connectivity index (χ0v) is 14.2. The van der Waals surface area contributed by atoms with Gasteiger partial charge in [-0.1, -0.05) is 32.0 Å². The summed E-state index contributed by atoms with van der Waals surface area (Å²) in [4.78, 5) is 37.7. The van der Waals surface area contributed by atoms with Gasteiger partial charge >= 0.3 is 6.03 Å². The van der Waals surface area contributed by atoms with Gasteiger partial charge in [-0.3, -0.25) is 14.5 Å². The number of aryl methyl sites for hydroxylation is 2. The molecule has 124 valence electrons. The summed E-state index contributed by atoms with van der Waals surface area (Å²) in [6.07, 6.45) is 0. The van der Waals surface area contributed by atoms with E-state index in [1.54, 1.807) is 6.92 Å². The Morgan fingerprint density at radius 3 is 2.30 bits per heavy atom. The van der Waals surface area contributed by atoms with Crippen molar-refractivity contribution in [1.82, 2.24) is 10.2 Å². The number of nitrogens with zero attached hydrogens (tertiary/aromatic N) is 1. The number of anilines is 1. The van der Waals surface area contributed by atoms with Crippen molar-refractivity contribution in [3.05, 3.63) is 29.3 Å². The molecule has 0 radical (unpaired) electrons. The third-order valence-electron chi connectivity index (χ3n) is 4.50. The second-order valence-corrected chi connectivity index (χ2v) is 6.49. The molecule has 6 heteroatoms. The van der Waals surface area contributed by atoms with Crippen LogP contribution in [-0.2, 0) is 9.59 Å². The van der Waals surface area contributed by atoms with Crippen molar-refractivity contribution in [2.45, 2.75) is 40.2 Å². The molecule has 2 N–H and O–H groups in total. The lowest BCUT2D eigenvalue weighted by Crippen LogP contribution is -2.49. The van der Waals surface area contributed by atoms with Crippen molar-refractivity contribution in [1.29, 1.82) is 0 Å². The molecule has 6 nitrogen and oxygen atoms in total. The smallest absolute Gasteiger partial charge is 0.324 e. The first kappa shape index (κ1) is 17.0. The number of urea groups is 1.